The van der Waals surface area contributed by atoms with Crippen molar-refractivity contribution in [2.75, 3.05) is 9.80 Å². The van der Waals surface area contributed by atoms with Gasteiger partial charge in [-0.15, -0.1) is 51.4 Å². The van der Waals surface area contributed by atoms with Gasteiger partial charge in [0.15, 0.2) is 0 Å². The van der Waals surface area contributed by atoms with E-state index < -0.39 is 0 Å². The first kappa shape index (κ1) is 34.9. The molecule has 0 atom stereocenters. The summed E-state index contributed by atoms with van der Waals surface area (Å²) in [5.41, 5.74) is 16.0. The van der Waals surface area contributed by atoms with Gasteiger partial charge >= 0.3 is 0 Å². The number of hydrogen-bond donors (Lipinski definition) is 0. The minimum absolute atomic E-state index is 0. The standard InChI is InChI=1S/C45H39N4S.Pt/c1-28-12-10-13-29(2)44(28)35-20-21-46-43(24-35)49-41-17-9-8-16-39(41)40-19-18-38(26-42(40)49)50-37-15-11-14-36(25-37)47-22-23-48(27-47)45-33(6)31(4)30(3)32(5)34(45)7;/h8-24,27H,1-7H3;/q-3;. The number of benzene rings is 5. The Kier molecular flexibility index (Phi) is 9.47. The number of fused-ring (bicyclic) bond motifs is 3. The Bertz CT molecular complexity index is 2440. The fourth-order valence-electron chi connectivity index (χ4n) is 7.40. The minimum Gasteiger partial charge on any atom is -0.500 e. The van der Waals surface area contributed by atoms with Crippen LogP contribution in [0.15, 0.2) is 113 Å². The van der Waals surface area contributed by atoms with Crippen molar-refractivity contribution in [3.8, 4) is 16.9 Å². The van der Waals surface area contributed by atoms with Crippen LogP contribution in [0, 0.1) is 67.3 Å². The first-order chi connectivity index (χ1) is 24.2. The van der Waals surface area contributed by atoms with Gasteiger partial charge in [-0.05, 0) is 135 Å². The SMILES string of the molecule is Cc1cccc(C)c1-c1ccnc(-n2c3[c-]c(Sc4[c-]c(N5C=CN(c6c(C)c(C)c(C)c(C)c6C)[CH-]5)ccc4)ccc3c3ccccc32)c1.[Pt]. The summed E-state index contributed by atoms with van der Waals surface area (Å²) in [6.07, 6.45) is 6.17. The van der Waals surface area contributed by atoms with Gasteiger partial charge in [0, 0.05) is 38.5 Å². The average molecular weight is 863 g/mol. The van der Waals surface area contributed by atoms with Crippen LogP contribution >= 0.6 is 11.8 Å². The van der Waals surface area contributed by atoms with Crippen molar-refractivity contribution in [1.82, 2.24) is 9.55 Å². The monoisotopic (exact) mass is 862 g/mol. The van der Waals surface area contributed by atoms with Crippen LogP contribution in [-0.2, 0) is 21.1 Å². The van der Waals surface area contributed by atoms with Gasteiger partial charge in [0.1, 0.15) is 5.82 Å². The number of hydrogen-bond acceptors (Lipinski definition) is 4. The molecule has 0 fully saturated rings. The Hall–Kier alpha value is -4.57. The quantitative estimate of drug-likeness (QED) is 0.156. The summed E-state index contributed by atoms with van der Waals surface area (Å²) >= 11 is 1.68. The van der Waals surface area contributed by atoms with Gasteiger partial charge in [0.05, 0.1) is 0 Å². The molecule has 0 unspecified atom stereocenters. The molecule has 258 valence electrons. The van der Waals surface area contributed by atoms with Crippen molar-refractivity contribution < 1.29 is 21.1 Å². The first-order valence-electron chi connectivity index (χ1n) is 17.0. The van der Waals surface area contributed by atoms with E-state index in [1.807, 2.05) is 6.20 Å². The molecule has 7 aromatic rings. The van der Waals surface area contributed by atoms with E-state index in [0.29, 0.717) is 0 Å². The zero-order valence-electron chi connectivity index (χ0n) is 29.9. The Morgan fingerprint density at radius 2 is 1.29 bits per heavy atom. The molecule has 0 bridgehead atoms. The van der Waals surface area contributed by atoms with E-state index in [1.165, 1.54) is 55.6 Å². The van der Waals surface area contributed by atoms with Crippen LogP contribution in [0.3, 0.4) is 0 Å². The number of nitrogens with zero attached hydrogens (tertiary/aromatic N) is 4. The van der Waals surface area contributed by atoms with Crippen molar-refractivity contribution >= 4 is 44.9 Å². The molecule has 3 heterocycles. The summed E-state index contributed by atoms with van der Waals surface area (Å²) in [7, 11) is 0. The molecule has 0 spiro atoms. The van der Waals surface area contributed by atoms with Crippen molar-refractivity contribution in [3.63, 3.8) is 0 Å². The second-order valence-corrected chi connectivity index (χ2v) is 14.4. The largest absolute Gasteiger partial charge is 0.500 e. The van der Waals surface area contributed by atoms with E-state index in [1.54, 1.807) is 11.8 Å². The van der Waals surface area contributed by atoms with E-state index in [9.17, 15) is 0 Å². The Morgan fingerprint density at radius 3 is 2.06 bits per heavy atom. The molecule has 6 heteroatoms. The predicted octanol–water partition coefficient (Wildman–Crippen LogP) is 11.7. The van der Waals surface area contributed by atoms with Gasteiger partial charge < -0.3 is 14.4 Å². The topological polar surface area (TPSA) is 24.3 Å². The molecule has 4 nitrogen and oxygen atoms in total. The molecular formula is C45H39N4PtS-3. The third-order valence-corrected chi connectivity index (χ3v) is 11.3. The predicted molar refractivity (Wildman–Crippen MR) is 210 cm³/mol. The Morgan fingerprint density at radius 1 is 0.627 bits per heavy atom. The molecule has 2 aromatic heterocycles. The summed E-state index contributed by atoms with van der Waals surface area (Å²) in [5.74, 6) is 0.883. The Labute approximate surface area is 320 Å². The summed E-state index contributed by atoms with van der Waals surface area (Å²) in [6, 6.07) is 37.5. The van der Waals surface area contributed by atoms with Crippen molar-refractivity contribution in [2.45, 2.75) is 58.3 Å². The van der Waals surface area contributed by atoms with E-state index in [0.717, 1.165) is 43.3 Å². The van der Waals surface area contributed by atoms with Crippen LogP contribution in [0.4, 0.5) is 11.4 Å². The van der Waals surface area contributed by atoms with Crippen LogP contribution in [-0.4, -0.2) is 9.55 Å². The van der Waals surface area contributed by atoms with Crippen LogP contribution < -0.4 is 9.80 Å². The maximum atomic E-state index is 4.90. The molecular weight excluding hydrogens is 824 g/mol. The number of para-hydroxylation sites is 1. The van der Waals surface area contributed by atoms with Crippen molar-refractivity contribution in [2.24, 2.45) is 0 Å². The first-order valence-corrected chi connectivity index (χ1v) is 17.9. The maximum absolute atomic E-state index is 4.90. The number of aromatic nitrogens is 2. The Balaban J connectivity index is 0.00000406. The third kappa shape index (κ3) is 6.11. The smallest absolute Gasteiger partial charge is 0.136 e. The van der Waals surface area contributed by atoms with Crippen LogP contribution in [0.25, 0.3) is 38.8 Å². The van der Waals surface area contributed by atoms with Crippen LogP contribution in [0.2, 0.25) is 0 Å². The maximum Gasteiger partial charge on any atom is 0.136 e. The molecule has 0 aliphatic carbocycles. The van der Waals surface area contributed by atoms with E-state index in [4.69, 9.17) is 4.98 Å². The van der Waals surface area contributed by atoms with Gasteiger partial charge in [-0.3, -0.25) is 0 Å². The molecule has 1 aliphatic rings. The van der Waals surface area contributed by atoms with Crippen LogP contribution in [0.5, 0.6) is 0 Å². The summed E-state index contributed by atoms with van der Waals surface area (Å²) in [4.78, 5) is 11.3. The second-order valence-electron chi connectivity index (χ2n) is 13.3. The number of aryl methyl sites for hydroxylation is 2. The summed E-state index contributed by atoms with van der Waals surface area (Å²) < 4.78 is 2.25. The molecule has 5 aromatic carbocycles. The minimum atomic E-state index is 0. The summed E-state index contributed by atoms with van der Waals surface area (Å²) in [5, 5.41) is 2.35. The van der Waals surface area contributed by atoms with Gasteiger partial charge in [0.25, 0.3) is 0 Å². The molecule has 1 aliphatic heterocycles. The molecule has 0 saturated carbocycles. The number of rotatable bonds is 6. The van der Waals surface area contributed by atoms with E-state index in [2.05, 4.69) is 179 Å². The van der Waals surface area contributed by atoms with Gasteiger partial charge in [-0.2, -0.15) is 30.3 Å². The molecule has 0 saturated heterocycles. The average Bonchev–Trinajstić information content (AvgIpc) is 3.73. The van der Waals surface area contributed by atoms with E-state index >= 15 is 0 Å². The zero-order valence-corrected chi connectivity index (χ0v) is 33.0. The van der Waals surface area contributed by atoms with Crippen molar-refractivity contribution in [1.29, 1.82) is 0 Å². The fraction of sp³-hybridized carbons (Fsp3) is 0.156. The third-order valence-electron chi connectivity index (χ3n) is 10.4. The normalized spacial score (nSPS) is 12.7. The van der Waals surface area contributed by atoms with Gasteiger partial charge in [-0.1, -0.05) is 41.9 Å². The molecule has 51 heavy (non-hydrogen) atoms. The zero-order chi connectivity index (χ0) is 34.7. The number of pyridine rings is 1. The fourth-order valence-corrected chi connectivity index (χ4v) is 8.22. The summed E-state index contributed by atoms with van der Waals surface area (Å²) in [6.45, 7) is 17.6. The van der Waals surface area contributed by atoms with Gasteiger partial charge in [0.2, 0.25) is 0 Å². The molecule has 0 radical (unpaired) electrons. The molecule has 0 N–H and O–H groups in total. The van der Waals surface area contributed by atoms with E-state index in [-0.39, 0.29) is 21.1 Å². The molecule has 8 rings (SSSR count). The second kappa shape index (κ2) is 13.9. The van der Waals surface area contributed by atoms with Crippen molar-refractivity contribution in [3.05, 3.63) is 161 Å². The van der Waals surface area contributed by atoms with Gasteiger partial charge in [-0.25, -0.2) is 4.98 Å². The molecule has 0 amide bonds. The van der Waals surface area contributed by atoms with Crippen LogP contribution in [0.1, 0.15) is 38.9 Å². The number of anilines is 2.